The predicted octanol–water partition coefficient (Wildman–Crippen LogP) is 2.54. The lowest BCUT2D eigenvalue weighted by Gasteiger charge is -2.15. The monoisotopic (exact) mass is 273 g/mol. The van der Waals surface area contributed by atoms with Crippen LogP contribution >= 0.6 is 11.6 Å². The van der Waals surface area contributed by atoms with Gasteiger partial charge in [-0.25, -0.2) is 13.1 Å². The van der Waals surface area contributed by atoms with E-state index in [-0.39, 0.29) is 16.8 Å². The van der Waals surface area contributed by atoms with Crippen LogP contribution in [0.15, 0.2) is 47.9 Å². The molecule has 1 N–H and O–H groups in total. The molecule has 0 heterocycles. The van der Waals surface area contributed by atoms with Crippen molar-refractivity contribution in [2.45, 2.75) is 23.8 Å². The summed E-state index contributed by atoms with van der Waals surface area (Å²) in [5.41, 5.74) is 0. The maximum absolute atomic E-state index is 12.0. The van der Waals surface area contributed by atoms with Crippen molar-refractivity contribution in [3.8, 4) is 0 Å². The van der Waals surface area contributed by atoms with E-state index in [1.54, 1.807) is 36.4 Å². The Morgan fingerprint density at radius 3 is 2.53 bits per heavy atom. The molecule has 0 spiro atoms. The van der Waals surface area contributed by atoms with E-state index in [0.717, 1.165) is 6.42 Å². The third-order valence-electron chi connectivity index (χ3n) is 2.28. The van der Waals surface area contributed by atoms with E-state index in [9.17, 15) is 8.42 Å². The summed E-state index contributed by atoms with van der Waals surface area (Å²) in [5, 5.41) is 0. The molecule has 5 heteroatoms. The van der Waals surface area contributed by atoms with Crippen molar-refractivity contribution < 1.29 is 8.42 Å². The molecule has 0 saturated carbocycles. The summed E-state index contributed by atoms with van der Waals surface area (Å²) < 4.78 is 26.5. The number of alkyl halides is 1. The fourth-order valence-electron chi connectivity index (χ4n) is 1.37. The molecule has 1 atom stereocenters. The lowest BCUT2D eigenvalue weighted by atomic mass is 10.2. The summed E-state index contributed by atoms with van der Waals surface area (Å²) in [6.07, 6.45) is 3.13. The van der Waals surface area contributed by atoms with Crippen molar-refractivity contribution in [2.24, 2.45) is 0 Å². The first-order valence-corrected chi connectivity index (χ1v) is 7.36. The van der Waals surface area contributed by atoms with E-state index in [4.69, 9.17) is 11.6 Å². The van der Waals surface area contributed by atoms with Gasteiger partial charge in [0.1, 0.15) is 0 Å². The van der Waals surface area contributed by atoms with Gasteiger partial charge in [0.15, 0.2) is 0 Å². The number of halogens is 1. The minimum Gasteiger partial charge on any atom is -0.207 e. The highest BCUT2D eigenvalue weighted by Gasteiger charge is 2.18. The van der Waals surface area contributed by atoms with E-state index < -0.39 is 10.0 Å². The van der Waals surface area contributed by atoms with Gasteiger partial charge >= 0.3 is 0 Å². The molecule has 1 aromatic carbocycles. The first kappa shape index (κ1) is 14.2. The Bertz CT molecular complexity index is 445. The molecule has 1 aromatic rings. The van der Waals surface area contributed by atoms with E-state index in [2.05, 4.69) is 11.3 Å². The highest BCUT2D eigenvalue weighted by molar-refractivity contribution is 7.89. The van der Waals surface area contributed by atoms with Crippen LogP contribution in [-0.2, 0) is 10.0 Å². The van der Waals surface area contributed by atoms with Gasteiger partial charge in [-0.2, -0.15) is 0 Å². The lowest BCUT2D eigenvalue weighted by Crippen LogP contribution is -2.36. The Morgan fingerprint density at radius 1 is 1.35 bits per heavy atom. The Hall–Kier alpha value is -0.840. The van der Waals surface area contributed by atoms with Crippen LogP contribution < -0.4 is 4.72 Å². The summed E-state index contributed by atoms with van der Waals surface area (Å²) in [6.45, 7) is 3.60. The maximum Gasteiger partial charge on any atom is 0.240 e. The van der Waals surface area contributed by atoms with Crippen LogP contribution in [0.5, 0.6) is 0 Å². The quantitative estimate of drug-likeness (QED) is 0.613. The van der Waals surface area contributed by atoms with Gasteiger partial charge in [-0.3, -0.25) is 0 Å². The van der Waals surface area contributed by atoms with Gasteiger partial charge < -0.3 is 0 Å². The van der Waals surface area contributed by atoms with Crippen molar-refractivity contribution in [3.05, 3.63) is 43.0 Å². The third kappa shape index (κ3) is 4.50. The number of rotatable bonds is 7. The molecule has 0 radical (unpaired) electrons. The van der Waals surface area contributed by atoms with E-state index in [0.29, 0.717) is 6.42 Å². The zero-order valence-corrected chi connectivity index (χ0v) is 11.0. The first-order chi connectivity index (χ1) is 8.10. The maximum atomic E-state index is 12.0. The molecule has 3 nitrogen and oxygen atoms in total. The van der Waals surface area contributed by atoms with Crippen molar-refractivity contribution in [1.29, 1.82) is 0 Å². The Morgan fingerprint density at radius 2 is 2.00 bits per heavy atom. The van der Waals surface area contributed by atoms with Crippen molar-refractivity contribution in [3.63, 3.8) is 0 Å². The molecule has 0 amide bonds. The van der Waals surface area contributed by atoms with Crippen LogP contribution in [0.2, 0.25) is 0 Å². The Balaban J connectivity index is 2.75. The van der Waals surface area contributed by atoms with Crippen molar-refractivity contribution >= 4 is 21.6 Å². The zero-order valence-electron chi connectivity index (χ0n) is 9.47. The molecule has 0 aliphatic rings. The van der Waals surface area contributed by atoms with Crippen LogP contribution in [0.1, 0.15) is 12.8 Å². The van der Waals surface area contributed by atoms with Crippen LogP contribution in [0.4, 0.5) is 0 Å². The summed E-state index contributed by atoms with van der Waals surface area (Å²) >= 11 is 5.74. The van der Waals surface area contributed by atoms with E-state index in [1.165, 1.54) is 0 Å². The van der Waals surface area contributed by atoms with Gasteiger partial charge in [0.05, 0.1) is 4.90 Å². The van der Waals surface area contributed by atoms with Gasteiger partial charge in [-0.1, -0.05) is 24.3 Å². The number of allylic oxidation sites excluding steroid dienone is 1. The van der Waals surface area contributed by atoms with Gasteiger partial charge in [0.25, 0.3) is 0 Å². The predicted molar refractivity (Wildman–Crippen MR) is 70.7 cm³/mol. The number of hydrogen-bond donors (Lipinski definition) is 1. The SMILES string of the molecule is C=CCCC(CCl)NS(=O)(=O)c1ccccc1. The molecule has 17 heavy (non-hydrogen) atoms. The zero-order chi connectivity index (χ0) is 12.7. The van der Waals surface area contributed by atoms with Crippen LogP contribution in [0.3, 0.4) is 0 Å². The molecule has 0 aliphatic carbocycles. The highest BCUT2D eigenvalue weighted by Crippen LogP contribution is 2.10. The fraction of sp³-hybridized carbons (Fsp3) is 0.333. The number of nitrogens with one attached hydrogen (secondary N) is 1. The second-order valence-electron chi connectivity index (χ2n) is 3.65. The third-order valence-corrected chi connectivity index (χ3v) is 4.19. The lowest BCUT2D eigenvalue weighted by molar-refractivity contribution is 0.551. The first-order valence-electron chi connectivity index (χ1n) is 5.34. The summed E-state index contributed by atoms with van der Waals surface area (Å²) in [7, 11) is -3.47. The molecule has 0 aromatic heterocycles. The van der Waals surface area contributed by atoms with Crippen molar-refractivity contribution in [2.75, 3.05) is 5.88 Å². The fourth-order valence-corrected chi connectivity index (χ4v) is 2.99. The number of sulfonamides is 1. The van der Waals surface area contributed by atoms with Crippen LogP contribution in [0.25, 0.3) is 0 Å². The Labute approximate surface area is 108 Å². The second-order valence-corrected chi connectivity index (χ2v) is 5.67. The highest BCUT2D eigenvalue weighted by atomic mass is 35.5. The molecular formula is C12H16ClNO2S. The smallest absolute Gasteiger partial charge is 0.207 e. The molecule has 1 rings (SSSR count). The summed E-state index contributed by atoms with van der Waals surface area (Å²) in [4.78, 5) is 0.258. The van der Waals surface area contributed by atoms with Gasteiger partial charge in [0.2, 0.25) is 10.0 Å². The van der Waals surface area contributed by atoms with Gasteiger partial charge in [-0.15, -0.1) is 18.2 Å². The number of benzene rings is 1. The largest absolute Gasteiger partial charge is 0.240 e. The standard InChI is InChI=1S/C12H16ClNO2S/c1-2-3-7-11(10-13)14-17(15,16)12-8-5-4-6-9-12/h2,4-6,8-9,11,14H,1,3,7,10H2. The second kappa shape index (κ2) is 6.79. The van der Waals surface area contributed by atoms with Crippen LogP contribution in [0, 0.1) is 0 Å². The topological polar surface area (TPSA) is 46.2 Å². The van der Waals surface area contributed by atoms with E-state index in [1.807, 2.05) is 0 Å². The molecule has 0 saturated heterocycles. The molecule has 94 valence electrons. The molecule has 0 bridgehead atoms. The average Bonchev–Trinajstić information content (AvgIpc) is 2.35. The van der Waals surface area contributed by atoms with Gasteiger partial charge in [0, 0.05) is 11.9 Å². The van der Waals surface area contributed by atoms with Crippen LogP contribution in [-0.4, -0.2) is 20.3 Å². The summed E-state index contributed by atoms with van der Waals surface area (Å²) in [6, 6.07) is 8.00. The minimum absolute atomic E-state index is 0.250. The molecule has 0 fully saturated rings. The molecule has 0 aliphatic heterocycles. The molecule has 1 unspecified atom stereocenters. The van der Waals surface area contributed by atoms with E-state index >= 15 is 0 Å². The summed E-state index contributed by atoms with van der Waals surface area (Å²) in [5.74, 6) is 0.250. The normalized spacial score (nSPS) is 13.2. The van der Waals surface area contributed by atoms with Gasteiger partial charge in [-0.05, 0) is 25.0 Å². The molecular weight excluding hydrogens is 258 g/mol. The number of hydrogen-bond acceptors (Lipinski definition) is 2. The minimum atomic E-state index is -3.47. The average molecular weight is 274 g/mol. The Kier molecular flexibility index (Phi) is 5.68. The van der Waals surface area contributed by atoms with Crippen molar-refractivity contribution in [1.82, 2.24) is 4.72 Å².